The van der Waals surface area contributed by atoms with E-state index in [2.05, 4.69) is 26.0 Å². The van der Waals surface area contributed by atoms with Crippen LogP contribution in [0, 0.1) is 15.5 Å². The summed E-state index contributed by atoms with van der Waals surface area (Å²) < 4.78 is 48.4. The van der Waals surface area contributed by atoms with Gasteiger partial charge in [-0.2, -0.15) is 13.2 Å². The Bertz CT molecular complexity index is 1330. The first-order valence-electron chi connectivity index (χ1n) is 12.9. The van der Waals surface area contributed by atoms with Gasteiger partial charge in [-0.1, -0.05) is 62.7 Å². The SMILES string of the molecule is CC(C)N(Cc1ccccc1)C(=O)C(C)(C)C.CCOc1cc(Oc2ccc(C(F)(F)F)cc2Cl)ccc1[N+](=O)[O-]. The Morgan fingerprint density at radius 3 is 2.12 bits per heavy atom. The van der Waals surface area contributed by atoms with Crippen LogP contribution >= 0.6 is 11.6 Å². The summed E-state index contributed by atoms with van der Waals surface area (Å²) in [6.07, 6.45) is -4.52. The number of nitrogens with zero attached hydrogens (tertiary/aromatic N) is 2. The highest BCUT2D eigenvalue weighted by molar-refractivity contribution is 6.32. The fraction of sp³-hybridized carbons (Fsp3) is 0.367. The van der Waals surface area contributed by atoms with Crippen molar-refractivity contribution in [2.75, 3.05) is 6.61 Å². The number of nitro groups is 1. The molecule has 3 rings (SSSR count). The summed E-state index contributed by atoms with van der Waals surface area (Å²) in [6.45, 7) is 12.6. The highest BCUT2D eigenvalue weighted by atomic mass is 35.5. The van der Waals surface area contributed by atoms with Crippen molar-refractivity contribution in [3.05, 3.63) is 93.0 Å². The second-order valence-corrected chi connectivity index (χ2v) is 10.7. The fourth-order valence-electron chi connectivity index (χ4n) is 3.57. The minimum Gasteiger partial charge on any atom is -0.487 e. The zero-order valence-corrected chi connectivity index (χ0v) is 24.5. The quantitative estimate of drug-likeness (QED) is 0.192. The lowest BCUT2D eigenvalue weighted by Gasteiger charge is -2.32. The number of nitro benzene ring substituents is 1. The van der Waals surface area contributed by atoms with Gasteiger partial charge in [0.1, 0.15) is 11.5 Å². The molecule has 3 aromatic rings. The minimum atomic E-state index is -4.52. The Labute approximate surface area is 243 Å². The Balaban J connectivity index is 0.000000305. The summed E-state index contributed by atoms with van der Waals surface area (Å²) in [4.78, 5) is 24.6. The zero-order chi connectivity index (χ0) is 31.0. The maximum Gasteiger partial charge on any atom is 0.416 e. The molecule has 7 nitrogen and oxygen atoms in total. The number of rotatable bonds is 8. The van der Waals surface area contributed by atoms with Crippen molar-refractivity contribution in [3.63, 3.8) is 0 Å². The summed E-state index contributed by atoms with van der Waals surface area (Å²) in [5, 5.41) is 10.7. The van der Waals surface area contributed by atoms with E-state index in [9.17, 15) is 28.1 Å². The zero-order valence-electron chi connectivity index (χ0n) is 23.8. The summed E-state index contributed by atoms with van der Waals surface area (Å²) in [6, 6.07) is 16.8. The van der Waals surface area contributed by atoms with E-state index in [1.165, 1.54) is 23.8 Å². The van der Waals surface area contributed by atoms with Gasteiger partial charge in [0.2, 0.25) is 11.7 Å². The van der Waals surface area contributed by atoms with Crippen LogP contribution in [0.5, 0.6) is 17.2 Å². The molecule has 0 bridgehead atoms. The molecule has 0 aliphatic rings. The third-order valence-electron chi connectivity index (χ3n) is 5.64. The van der Waals surface area contributed by atoms with Gasteiger partial charge in [0, 0.05) is 30.1 Å². The van der Waals surface area contributed by atoms with Crippen molar-refractivity contribution in [1.29, 1.82) is 0 Å². The Morgan fingerprint density at radius 2 is 1.63 bits per heavy atom. The van der Waals surface area contributed by atoms with E-state index in [-0.39, 0.29) is 51.9 Å². The van der Waals surface area contributed by atoms with Crippen molar-refractivity contribution < 1.29 is 32.4 Å². The largest absolute Gasteiger partial charge is 0.487 e. The van der Waals surface area contributed by atoms with Crippen molar-refractivity contribution in [2.24, 2.45) is 5.41 Å². The maximum atomic E-state index is 12.6. The molecule has 0 saturated carbocycles. The lowest BCUT2D eigenvalue weighted by atomic mass is 9.93. The Kier molecular flexibility index (Phi) is 11.6. The molecule has 0 heterocycles. The van der Waals surface area contributed by atoms with Gasteiger partial charge < -0.3 is 14.4 Å². The van der Waals surface area contributed by atoms with Crippen LogP contribution in [0.3, 0.4) is 0 Å². The molecule has 41 heavy (non-hydrogen) atoms. The van der Waals surface area contributed by atoms with Crippen molar-refractivity contribution in [3.8, 4) is 17.2 Å². The highest BCUT2D eigenvalue weighted by Gasteiger charge is 2.31. The molecule has 1 amide bonds. The molecule has 0 atom stereocenters. The average Bonchev–Trinajstić information content (AvgIpc) is 2.88. The molecule has 0 aromatic heterocycles. The molecule has 11 heteroatoms. The minimum absolute atomic E-state index is 0.0111. The van der Waals surface area contributed by atoms with Crippen LogP contribution in [0.2, 0.25) is 5.02 Å². The predicted molar refractivity (Wildman–Crippen MR) is 152 cm³/mol. The van der Waals surface area contributed by atoms with E-state index in [1.807, 2.05) is 43.9 Å². The molecule has 3 aromatic carbocycles. The van der Waals surface area contributed by atoms with Gasteiger partial charge in [0.25, 0.3) is 0 Å². The number of carbonyl (C=O) groups is 1. The summed E-state index contributed by atoms with van der Waals surface area (Å²) in [5.74, 6) is 0.325. The van der Waals surface area contributed by atoms with Crippen LogP contribution in [-0.4, -0.2) is 28.4 Å². The number of carbonyl (C=O) groups excluding carboxylic acids is 1. The summed E-state index contributed by atoms with van der Waals surface area (Å²) in [7, 11) is 0. The molecule has 222 valence electrons. The molecule has 0 aliphatic carbocycles. The monoisotopic (exact) mass is 594 g/mol. The van der Waals surface area contributed by atoms with Gasteiger partial charge in [-0.25, -0.2) is 0 Å². The first-order valence-corrected chi connectivity index (χ1v) is 13.2. The van der Waals surface area contributed by atoms with Crippen LogP contribution in [0.25, 0.3) is 0 Å². The number of hydrogen-bond acceptors (Lipinski definition) is 5. The topological polar surface area (TPSA) is 81.9 Å². The number of halogens is 4. The number of benzene rings is 3. The number of ether oxygens (including phenoxy) is 2. The molecule has 0 saturated heterocycles. The highest BCUT2D eigenvalue weighted by Crippen LogP contribution is 2.38. The van der Waals surface area contributed by atoms with Gasteiger partial charge in [0.15, 0.2) is 0 Å². The second-order valence-electron chi connectivity index (χ2n) is 10.3. The van der Waals surface area contributed by atoms with Crippen LogP contribution in [0.1, 0.15) is 52.7 Å². The van der Waals surface area contributed by atoms with Crippen molar-refractivity contribution in [2.45, 2.75) is 60.3 Å². The van der Waals surface area contributed by atoms with Crippen molar-refractivity contribution in [1.82, 2.24) is 4.90 Å². The molecule has 0 aliphatic heterocycles. The fourth-order valence-corrected chi connectivity index (χ4v) is 3.79. The average molecular weight is 595 g/mol. The van der Waals surface area contributed by atoms with Gasteiger partial charge in [0.05, 0.1) is 22.1 Å². The van der Waals surface area contributed by atoms with E-state index in [4.69, 9.17) is 21.1 Å². The standard InChI is InChI=1S/C15H11ClF3NO4.C15H23NO/c1-2-23-14-8-10(4-5-12(14)20(21)22)24-13-6-3-9(7-11(13)16)15(17,18)19;1-12(2)16(14(17)15(3,4)5)11-13-9-7-6-8-10-13/h3-8H,2H2,1H3;6-10,12H,11H2,1-5H3. The van der Waals surface area contributed by atoms with Gasteiger partial charge in [-0.15, -0.1) is 0 Å². The lowest BCUT2D eigenvalue weighted by Crippen LogP contribution is -2.43. The number of amides is 1. The van der Waals surface area contributed by atoms with Gasteiger partial charge >= 0.3 is 11.9 Å². The summed E-state index contributed by atoms with van der Waals surface area (Å²) >= 11 is 5.80. The third-order valence-corrected chi connectivity index (χ3v) is 5.93. The molecule has 0 fully saturated rings. The third kappa shape index (κ3) is 9.97. The molecule has 0 N–H and O–H groups in total. The molecule has 0 radical (unpaired) electrons. The Hall–Kier alpha value is -3.79. The van der Waals surface area contributed by atoms with E-state index in [0.717, 1.165) is 18.2 Å². The molecular formula is C30H34ClF3N2O5. The van der Waals surface area contributed by atoms with E-state index in [1.54, 1.807) is 6.92 Å². The molecular weight excluding hydrogens is 561 g/mol. The number of alkyl halides is 3. The van der Waals surface area contributed by atoms with Gasteiger partial charge in [-0.3, -0.25) is 14.9 Å². The smallest absolute Gasteiger partial charge is 0.416 e. The van der Waals surface area contributed by atoms with E-state index < -0.39 is 16.7 Å². The predicted octanol–water partition coefficient (Wildman–Crippen LogP) is 8.93. The summed E-state index contributed by atoms with van der Waals surface area (Å²) in [5.41, 5.74) is -0.293. The Morgan fingerprint density at radius 1 is 1.00 bits per heavy atom. The normalized spacial score (nSPS) is 11.4. The van der Waals surface area contributed by atoms with E-state index in [0.29, 0.717) is 6.54 Å². The first kappa shape index (κ1) is 33.4. The lowest BCUT2D eigenvalue weighted by molar-refractivity contribution is -0.385. The molecule has 0 spiro atoms. The first-order chi connectivity index (χ1) is 19.0. The van der Waals surface area contributed by atoms with E-state index >= 15 is 0 Å². The maximum absolute atomic E-state index is 12.6. The van der Waals surface area contributed by atoms with Crippen LogP contribution in [0.4, 0.5) is 18.9 Å². The second kappa shape index (κ2) is 14.2. The van der Waals surface area contributed by atoms with Crippen LogP contribution < -0.4 is 9.47 Å². The van der Waals surface area contributed by atoms with Gasteiger partial charge in [-0.05, 0) is 50.6 Å². The number of hydrogen-bond donors (Lipinski definition) is 0. The van der Waals surface area contributed by atoms with Crippen LogP contribution in [-0.2, 0) is 17.5 Å². The van der Waals surface area contributed by atoms with Crippen LogP contribution in [0.15, 0.2) is 66.7 Å². The van der Waals surface area contributed by atoms with Crippen molar-refractivity contribution >= 4 is 23.2 Å². The molecule has 0 unspecified atom stereocenters.